The largest absolute Gasteiger partial charge is 0.480 e. The quantitative estimate of drug-likeness (QED) is 0.695. The Bertz CT molecular complexity index is 799. The van der Waals surface area contributed by atoms with E-state index in [0.29, 0.717) is 19.3 Å². The minimum atomic E-state index is -3.90. The van der Waals surface area contributed by atoms with E-state index in [2.05, 4.69) is 0 Å². The molecular weight excluding hydrogens is 383 g/mol. The number of rotatable bonds is 6. The van der Waals surface area contributed by atoms with Gasteiger partial charge in [-0.3, -0.25) is 19.2 Å². The molecule has 2 aliphatic rings. The summed E-state index contributed by atoms with van der Waals surface area (Å²) >= 11 is 0. The Kier molecular flexibility index (Phi) is 6.20. The Morgan fingerprint density at radius 1 is 1.18 bits per heavy atom. The van der Waals surface area contributed by atoms with Crippen molar-refractivity contribution in [3.63, 3.8) is 0 Å². The van der Waals surface area contributed by atoms with Crippen LogP contribution in [0.25, 0.3) is 0 Å². The van der Waals surface area contributed by atoms with Gasteiger partial charge >= 0.3 is 5.97 Å². The summed E-state index contributed by atoms with van der Waals surface area (Å²) in [7, 11) is -3.90. The van der Waals surface area contributed by atoms with E-state index in [9.17, 15) is 28.9 Å². The number of hydrogen-bond acceptors (Lipinski definition) is 4. The van der Waals surface area contributed by atoms with Crippen LogP contribution in [0.4, 0.5) is 0 Å². The first-order valence-corrected chi connectivity index (χ1v) is 11.4. The Morgan fingerprint density at radius 3 is 2.57 bits per heavy atom. The normalized spacial score (nSPS) is 25.0. The van der Waals surface area contributed by atoms with E-state index < -0.39 is 30.9 Å². The molecule has 1 aromatic rings. The zero-order valence-electron chi connectivity index (χ0n) is 15.6. The van der Waals surface area contributed by atoms with Gasteiger partial charge in [0.15, 0.2) is 6.04 Å². The third-order valence-electron chi connectivity index (χ3n) is 5.39. The van der Waals surface area contributed by atoms with Crippen molar-refractivity contribution in [3.8, 4) is 0 Å². The molecule has 0 aromatic heterocycles. The second-order valence-corrected chi connectivity index (χ2v) is 9.90. The first-order chi connectivity index (χ1) is 13.3. The van der Waals surface area contributed by atoms with Gasteiger partial charge in [-0.25, -0.2) is 9.80 Å². The van der Waals surface area contributed by atoms with E-state index in [1.165, 1.54) is 0 Å². The monoisotopic (exact) mass is 408 g/mol. The SMILES string of the molecule is O=C(O)[C@@H]1CCCN2C(=O)CC[C@H](P(=O)(O)CCCc3ccccc3)C(=O)N12. The van der Waals surface area contributed by atoms with E-state index in [1.807, 2.05) is 30.3 Å². The Morgan fingerprint density at radius 2 is 1.89 bits per heavy atom. The van der Waals surface area contributed by atoms with Crippen molar-refractivity contribution < 1.29 is 28.9 Å². The molecule has 0 bridgehead atoms. The van der Waals surface area contributed by atoms with Crippen LogP contribution in [0, 0.1) is 0 Å². The molecule has 2 amide bonds. The maximum atomic E-state index is 13.1. The standard InChI is InChI=1S/C19H25N2O6P/c22-17-11-10-16(18(23)21-15(19(24)25)9-4-12-20(17)21)28(26,27)13-5-8-14-6-2-1-3-7-14/h1-3,6-7,15-16H,4-5,8-13H2,(H,24,25)(H,26,27)/t15-,16-/m0/s1. The maximum Gasteiger partial charge on any atom is 0.328 e. The van der Waals surface area contributed by atoms with Gasteiger partial charge < -0.3 is 10.00 Å². The van der Waals surface area contributed by atoms with E-state index in [-0.39, 0.29) is 37.9 Å². The number of amides is 2. The number of aryl methyl sites for hydroxylation is 1. The van der Waals surface area contributed by atoms with Gasteiger partial charge in [-0.05, 0) is 37.7 Å². The highest BCUT2D eigenvalue weighted by atomic mass is 31.2. The minimum Gasteiger partial charge on any atom is -0.480 e. The molecule has 1 aromatic carbocycles. The summed E-state index contributed by atoms with van der Waals surface area (Å²) in [6.45, 7) is 0.255. The molecule has 9 heteroatoms. The molecule has 2 fully saturated rings. The van der Waals surface area contributed by atoms with Crippen LogP contribution in [-0.2, 0) is 25.4 Å². The Labute approximate surface area is 163 Å². The van der Waals surface area contributed by atoms with Gasteiger partial charge in [-0.1, -0.05) is 30.3 Å². The fourth-order valence-corrected chi connectivity index (χ4v) is 5.85. The van der Waals surface area contributed by atoms with Crippen molar-refractivity contribution in [1.29, 1.82) is 0 Å². The first kappa shape index (κ1) is 20.6. The van der Waals surface area contributed by atoms with E-state index in [4.69, 9.17) is 0 Å². The van der Waals surface area contributed by atoms with Crippen molar-refractivity contribution in [2.45, 2.75) is 50.2 Å². The fourth-order valence-electron chi connectivity index (χ4n) is 3.93. The molecular formula is C19H25N2O6P. The van der Waals surface area contributed by atoms with Crippen molar-refractivity contribution in [2.75, 3.05) is 12.7 Å². The maximum absolute atomic E-state index is 13.1. The predicted molar refractivity (Wildman–Crippen MR) is 102 cm³/mol. The first-order valence-electron chi connectivity index (χ1n) is 9.53. The molecule has 3 atom stereocenters. The van der Waals surface area contributed by atoms with Crippen LogP contribution in [0.2, 0.25) is 0 Å². The van der Waals surface area contributed by atoms with E-state index >= 15 is 0 Å². The molecule has 2 heterocycles. The van der Waals surface area contributed by atoms with Gasteiger partial charge in [0.2, 0.25) is 13.3 Å². The molecule has 8 nitrogen and oxygen atoms in total. The summed E-state index contributed by atoms with van der Waals surface area (Å²) < 4.78 is 13.0. The topological polar surface area (TPSA) is 115 Å². The summed E-state index contributed by atoms with van der Waals surface area (Å²) in [5, 5.41) is 11.6. The number of carbonyl (C=O) groups excluding carboxylic acids is 2. The molecule has 0 radical (unpaired) electrons. The number of carbonyl (C=O) groups is 3. The lowest BCUT2D eigenvalue weighted by molar-refractivity contribution is -0.179. The molecule has 2 saturated heterocycles. The Balaban J connectivity index is 1.76. The van der Waals surface area contributed by atoms with Gasteiger partial charge in [0.25, 0.3) is 5.91 Å². The highest BCUT2D eigenvalue weighted by Crippen LogP contribution is 2.51. The van der Waals surface area contributed by atoms with Gasteiger partial charge in [0.05, 0.1) is 0 Å². The molecule has 0 aliphatic carbocycles. The zero-order chi connectivity index (χ0) is 20.3. The van der Waals surface area contributed by atoms with Crippen molar-refractivity contribution >= 4 is 25.2 Å². The summed E-state index contributed by atoms with van der Waals surface area (Å²) in [6, 6.07) is 8.37. The lowest BCUT2D eigenvalue weighted by Gasteiger charge is -2.42. The molecule has 2 N–H and O–H groups in total. The number of hydrazine groups is 1. The van der Waals surface area contributed by atoms with Crippen LogP contribution < -0.4 is 0 Å². The molecule has 0 saturated carbocycles. The van der Waals surface area contributed by atoms with Crippen LogP contribution in [0.15, 0.2) is 30.3 Å². The third-order valence-corrected chi connectivity index (χ3v) is 7.80. The average molecular weight is 408 g/mol. The molecule has 3 rings (SSSR count). The fraction of sp³-hybridized carbons (Fsp3) is 0.526. The van der Waals surface area contributed by atoms with Crippen molar-refractivity contribution in [2.24, 2.45) is 0 Å². The van der Waals surface area contributed by atoms with E-state index in [0.717, 1.165) is 15.6 Å². The van der Waals surface area contributed by atoms with Crippen LogP contribution >= 0.6 is 7.37 Å². The summed E-state index contributed by atoms with van der Waals surface area (Å²) in [5.74, 6) is -2.29. The molecule has 0 spiro atoms. The van der Waals surface area contributed by atoms with Gasteiger partial charge in [0, 0.05) is 19.1 Å². The second-order valence-electron chi connectivity index (χ2n) is 7.32. The molecule has 2 aliphatic heterocycles. The van der Waals surface area contributed by atoms with Crippen molar-refractivity contribution in [1.82, 2.24) is 10.0 Å². The number of aliphatic carboxylic acids is 1. The molecule has 28 heavy (non-hydrogen) atoms. The highest BCUT2D eigenvalue weighted by Gasteiger charge is 2.49. The number of carboxylic acid groups (broad SMARTS) is 1. The lowest BCUT2D eigenvalue weighted by Crippen LogP contribution is -2.60. The number of carboxylic acids is 1. The van der Waals surface area contributed by atoms with Crippen LogP contribution in [0.5, 0.6) is 0 Å². The average Bonchev–Trinajstić information content (AvgIpc) is 2.80. The van der Waals surface area contributed by atoms with Crippen LogP contribution in [0.1, 0.15) is 37.7 Å². The number of nitrogens with zero attached hydrogens (tertiary/aromatic N) is 2. The molecule has 152 valence electrons. The summed E-state index contributed by atoms with van der Waals surface area (Å²) in [5.41, 5.74) is -0.199. The minimum absolute atomic E-state index is 0.0316. The van der Waals surface area contributed by atoms with E-state index in [1.54, 1.807) is 0 Å². The summed E-state index contributed by atoms with van der Waals surface area (Å²) in [4.78, 5) is 47.7. The zero-order valence-corrected chi connectivity index (χ0v) is 16.5. The number of benzene rings is 1. The molecule has 1 unspecified atom stereocenters. The van der Waals surface area contributed by atoms with Gasteiger partial charge in [0.1, 0.15) is 5.66 Å². The summed E-state index contributed by atoms with van der Waals surface area (Å²) in [6.07, 6.45) is 1.63. The lowest BCUT2D eigenvalue weighted by atomic mass is 10.1. The van der Waals surface area contributed by atoms with Gasteiger partial charge in [-0.2, -0.15) is 0 Å². The highest BCUT2D eigenvalue weighted by molar-refractivity contribution is 7.59. The number of fused-ring (bicyclic) bond motifs is 1. The van der Waals surface area contributed by atoms with Gasteiger partial charge in [-0.15, -0.1) is 0 Å². The smallest absolute Gasteiger partial charge is 0.328 e. The second kappa shape index (κ2) is 8.45. The van der Waals surface area contributed by atoms with Crippen molar-refractivity contribution in [3.05, 3.63) is 35.9 Å². The Hall–Kier alpha value is -2.18. The number of hydrogen-bond donors (Lipinski definition) is 2. The predicted octanol–water partition coefficient (Wildman–Crippen LogP) is 1.87. The van der Waals surface area contributed by atoms with Crippen LogP contribution in [0.3, 0.4) is 0 Å². The van der Waals surface area contributed by atoms with Crippen LogP contribution in [-0.4, -0.2) is 62.2 Å². The third kappa shape index (κ3) is 4.28.